The zero-order chi connectivity index (χ0) is 26.3. The summed E-state index contributed by atoms with van der Waals surface area (Å²) < 4.78 is 29.9. The number of halogens is 1. The molecule has 1 aliphatic carbocycles. The summed E-state index contributed by atoms with van der Waals surface area (Å²) in [4.78, 5) is 14.0. The van der Waals surface area contributed by atoms with Gasteiger partial charge < -0.3 is 10.0 Å². The minimum atomic E-state index is -3.87. The summed E-state index contributed by atoms with van der Waals surface area (Å²) in [7, 11) is -2.17. The van der Waals surface area contributed by atoms with Gasteiger partial charge in [-0.2, -0.15) is 4.31 Å². The zero-order valence-electron chi connectivity index (χ0n) is 21.0. The number of nitrogens with zero attached hydrogens (tertiary/aromatic N) is 2. The zero-order valence-corrected chi connectivity index (χ0v) is 22.6. The highest BCUT2D eigenvalue weighted by Crippen LogP contribution is 2.45. The molecule has 3 aromatic rings. The number of hydrogen-bond acceptors (Lipinski definition) is 4. The highest BCUT2D eigenvalue weighted by atomic mass is 35.5. The Balaban J connectivity index is 1.73. The van der Waals surface area contributed by atoms with E-state index in [9.17, 15) is 18.3 Å². The minimum Gasteiger partial charge on any atom is -0.478 e. The number of para-hydroxylation sites is 1. The Morgan fingerprint density at radius 3 is 2.35 bits per heavy atom. The molecule has 1 N–H and O–H groups in total. The number of rotatable bonds is 4. The summed E-state index contributed by atoms with van der Waals surface area (Å²) in [5, 5.41) is 10.00. The molecule has 1 atom stereocenters. The maximum atomic E-state index is 14.2. The number of likely N-dealkylation sites (N-methyl/N-ethyl adjacent to an activating group) is 1. The van der Waals surface area contributed by atoms with Gasteiger partial charge in [0.2, 0.25) is 10.0 Å². The molecule has 8 heteroatoms. The molecule has 0 spiro atoms. The predicted octanol–water partition coefficient (Wildman–Crippen LogP) is 6.73. The van der Waals surface area contributed by atoms with Crippen LogP contribution in [-0.2, 0) is 10.0 Å². The molecule has 37 heavy (non-hydrogen) atoms. The van der Waals surface area contributed by atoms with Crippen LogP contribution in [0.15, 0.2) is 65.6 Å². The molecule has 0 radical (unpaired) electrons. The predicted molar refractivity (Wildman–Crippen MR) is 147 cm³/mol. The molecule has 194 valence electrons. The number of carbonyl (C=O) groups is 1. The molecule has 0 aromatic heterocycles. The van der Waals surface area contributed by atoms with Crippen LogP contribution in [0.4, 0.5) is 11.4 Å². The highest BCUT2D eigenvalue weighted by Gasteiger charge is 2.41. The van der Waals surface area contributed by atoms with Crippen molar-refractivity contribution in [3.63, 3.8) is 0 Å². The Morgan fingerprint density at radius 2 is 1.68 bits per heavy atom. The van der Waals surface area contributed by atoms with Crippen molar-refractivity contribution < 1.29 is 18.3 Å². The van der Waals surface area contributed by atoms with Gasteiger partial charge in [-0.25, -0.2) is 13.2 Å². The summed E-state index contributed by atoms with van der Waals surface area (Å²) in [6, 6.07) is 18.0. The quantitative estimate of drug-likeness (QED) is 0.398. The van der Waals surface area contributed by atoms with Crippen LogP contribution in [0.1, 0.15) is 48.0 Å². The lowest BCUT2D eigenvalue weighted by atomic mass is 9.83. The van der Waals surface area contributed by atoms with Crippen LogP contribution in [0, 0.1) is 12.8 Å². The molecule has 6 nitrogen and oxygen atoms in total. The van der Waals surface area contributed by atoms with Crippen LogP contribution in [-0.4, -0.2) is 43.4 Å². The van der Waals surface area contributed by atoms with Crippen molar-refractivity contribution in [3.05, 3.63) is 76.8 Å². The second-order valence-corrected chi connectivity index (χ2v) is 12.4. The van der Waals surface area contributed by atoms with Crippen LogP contribution < -0.4 is 4.90 Å². The Hall–Kier alpha value is -2.87. The molecule has 1 aliphatic heterocycles. The van der Waals surface area contributed by atoms with Gasteiger partial charge in [-0.05, 0) is 67.1 Å². The molecule has 0 unspecified atom stereocenters. The number of benzene rings is 3. The van der Waals surface area contributed by atoms with Crippen molar-refractivity contribution in [1.82, 2.24) is 4.31 Å². The number of hydrogen-bond donors (Lipinski definition) is 1. The van der Waals surface area contributed by atoms with Gasteiger partial charge in [-0.15, -0.1) is 0 Å². The molecule has 0 saturated heterocycles. The van der Waals surface area contributed by atoms with Gasteiger partial charge in [0.1, 0.15) is 4.90 Å². The number of carboxylic acids is 1. The highest BCUT2D eigenvalue weighted by molar-refractivity contribution is 7.89. The van der Waals surface area contributed by atoms with Crippen LogP contribution in [0.2, 0.25) is 5.02 Å². The largest absolute Gasteiger partial charge is 0.478 e. The summed E-state index contributed by atoms with van der Waals surface area (Å²) >= 11 is 6.84. The van der Waals surface area contributed by atoms with Crippen LogP contribution >= 0.6 is 11.6 Å². The van der Waals surface area contributed by atoms with Crippen LogP contribution in [0.25, 0.3) is 11.1 Å². The maximum Gasteiger partial charge on any atom is 0.335 e. The first-order chi connectivity index (χ1) is 17.7. The first-order valence-corrected chi connectivity index (χ1v) is 14.5. The number of fused-ring (bicyclic) bond motifs is 1. The lowest BCUT2D eigenvalue weighted by Crippen LogP contribution is -2.46. The number of aromatic carboxylic acids is 1. The van der Waals surface area contributed by atoms with Gasteiger partial charge in [0.15, 0.2) is 0 Å². The molecule has 3 aromatic carbocycles. The molecule has 1 heterocycles. The maximum absolute atomic E-state index is 14.2. The smallest absolute Gasteiger partial charge is 0.335 e. The van der Waals surface area contributed by atoms with E-state index in [0.29, 0.717) is 33.9 Å². The van der Waals surface area contributed by atoms with Crippen molar-refractivity contribution in [1.29, 1.82) is 0 Å². The average molecular weight is 539 g/mol. The van der Waals surface area contributed by atoms with Crippen molar-refractivity contribution in [3.8, 4) is 11.1 Å². The van der Waals surface area contributed by atoms with Gasteiger partial charge in [-0.1, -0.05) is 61.2 Å². The van der Waals surface area contributed by atoms with Gasteiger partial charge in [0, 0.05) is 30.9 Å². The SMILES string of the molecule is Cc1c(C(=O)O)cccc1-c1cc2c(cc1Cl)N(c1ccccc1)C[C@@H](C1CCCCC1)N(C)S2(=O)=O. The topological polar surface area (TPSA) is 77.9 Å². The van der Waals surface area contributed by atoms with E-state index in [1.807, 2.05) is 30.3 Å². The van der Waals surface area contributed by atoms with E-state index in [4.69, 9.17) is 11.6 Å². The third-order valence-electron chi connectivity index (χ3n) is 7.95. The second-order valence-electron chi connectivity index (χ2n) is 10.0. The van der Waals surface area contributed by atoms with E-state index in [-0.39, 0.29) is 22.4 Å². The molecule has 2 aliphatic rings. The Labute approximate surface area is 223 Å². The van der Waals surface area contributed by atoms with Crippen molar-refractivity contribution >= 4 is 39.0 Å². The summed E-state index contributed by atoms with van der Waals surface area (Å²) in [5.41, 5.74) is 3.25. The fourth-order valence-corrected chi connectivity index (χ4v) is 7.74. The van der Waals surface area contributed by atoms with Crippen molar-refractivity contribution in [2.75, 3.05) is 18.5 Å². The number of sulfonamides is 1. The van der Waals surface area contributed by atoms with E-state index in [1.165, 1.54) is 12.5 Å². The molecular weight excluding hydrogens is 508 g/mol. The Morgan fingerprint density at radius 1 is 0.973 bits per heavy atom. The third kappa shape index (κ3) is 4.65. The van der Waals surface area contributed by atoms with E-state index < -0.39 is 16.0 Å². The van der Waals surface area contributed by atoms with Gasteiger partial charge >= 0.3 is 5.97 Å². The standard InChI is InChI=1S/C29H31ClN2O4S/c1-19-22(14-9-15-23(19)29(33)34)24-16-28-26(17-25(24)30)32(21-12-7-4-8-13-21)18-27(31(2)37(28,35)36)20-10-5-3-6-11-20/h4,7-9,12-17,20,27H,3,5-6,10-11,18H2,1-2H3,(H,33,34)/t27-/m0/s1. The molecule has 0 bridgehead atoms. The van der Waals surface area contributed by atoms with Gasteiger partial charge in [-0.3, -0.25) is 0 Å². The average Bonchev–Trinajstić information content (AvgIpc) is 2.97. The summed E-state index contributed by atoms with van der Waals surface area (Å²) in [6.07, 6.45) is 5.44. The monoisotopic (exact) mass is 538 g/mol. The molecule has 1 saturated carbocycles. The summed E-state index contributed by atoms with van der Waals surface area (Å²) in [5.74, 6) is -0.762. The molecular formula is C29H31ClN2O4S. The summed E-state index contributed by atoms with van der Waals surface area (Å²) in [6.45, 7) is 2.25. The second kappa shape index (κ2) is 10.1. The first kappa shape index (κ1) is 25.8. The van der Waals surface area contributed by atoms with Crippen molar-refractivity contribution in [2.24, 2.45) is 5.92 Å². The normalized spacial score (nSPS) is 20.3. The fourth-order valence-electron chi connectivity index (χ4n) is 5.88. The number of carboxylic acid groups (broad SMARTS) is 1. The van der Waals surface area contributed by atoms with E-state index in [1.54, 1.807) is 42.5 Å². The number of anilines is 2. The van der Waals surface area contributed by atoms with Gasteiger partial charge in [0.05, 0.1) is 16.3 Å². The Bertz CT molecular complexity index is 1440. The molecule has 0 amide bonds. The van der Waals surface area contributed by atoms with Crippen LogP contribution in [0.5, 0.6) is 0 Å². The lowest BCUT2D eigenvalue weighted by molar-refractivity contribution is 0.0696. The van der Waals surface area contributed by atoms with Crippen LogP contribution in [0.3, 0.4) is 0 Å². The first-order valence-electron chi connectivity index (χ1n) is 12.7. The van der Waals surface area contributed by atoms with E-state index in [2.05, 4.69) is 4.90 Å². The Kier molecular flexibility index (Phi) is 7.05. The fraction of sp³-hybridized carbons (Fsp3) is 0.345. The third-order valence-corrected chi connectivity index (χ3v) is 10.2. The molecule has 1 fully saturated rings. The van der Waals surface area contributed by atoms with E-state index in [0.717, 1.165) is 31.4 Å². The lowest BCUT2D eigenvalue weighted by Gasteiger charge is -2.36. The van der Waals surface area contributed by atoms with Crippen molar-refractivity contribution in [2.45, 2.75) is 50.0 Å². The van der Waals surface area contributed by atoms with Gasteiger partial charge in [0.25, 0.3) is 0 Å². The molecule has 5 rings (SSSR count). The minimum absolute atomic E-state index is 0.159. The van der Waals surface area contributed by atoms with E-state index >= 15 is 0 Å².